The Kier molecular flexibility index (Phi) is 5.89. The molecule has 0 saturated carbocycles. The molecular weight excluding hydrogens is 208 g/mol. The molecule has 0 spiro atoms. The van der Waals surface area contributed by atoms with Crippen LogP contribution in [0.2, 0.25) is 0 Å². The maximum atomic E-state index is 13.2. The zero-order valence-corrected chi connectivity index (χ0v) is 10.1. The maximum Gasteiger partial charge on any atom is 0.271 e. The zero-order chi connectivity index (χ0) is 12.8. The summed E-state index contributed by atoms with van der Waals surface area (Å²) in [7, 11) is 1.80. The Morgan fingerprint density at radius 2 is 1.94 bits per heavy atom. The molecule has 0 aliphatic carbocycles. The minimum absolute atomic E-state index is 0.0991. The summed E-state index contributed by atoms with van der Waals surface area (Å²) < 4.78 is 26.5. The standard InChI is InChI=1S/C13H19F2N/c1-6-11(3)12(13(4,14)15)8-7-10(2)9-16-5/h6-8,16H,1,3,9H2,2,4-5H3/b10-7+,12-8+. The Bertz CT molecular complexity index is 319. The van der Waals surface area contributed by atoms with Crippen molar-refractivity contribution >= 4 is 0 Å². The highest BCUT2D eigenvalue weighted by Gasteiger charge is 2.27. The Balaban J connectivity index is 5.06. The van der Waals surface area contributed by atoms with Gasteiger partial charge in [-0.2, -0.15) is 0 Å². The first-order valence-corrected chi connectivity index (χ1v) is 5.05. The van der Waals surface area contributed by atoms with Crippen LogP contribution in [0.25, 0.3) is 0 Å². The van der Waals surface area contributed by atoms with Crippen LogP contribution in [0.15, 0.2) is 48.1 Å². The molecule has 0 atom stereocenters. The smallest absolute Gasteiger partial charge is 0.271 e. The van der Waals surface area contributed by atoms with Gasteiger partial charge in [0.1, 0.15) is 0 Å². The minimum atomic E-state index is -2.90. The van der Waals surface area contributed by atoms with E-state index in [0.717, 1.165) is 12.5 Å². The lowest BCUT2D eigenvalue weighted by Crippen LogP contribution is -2.14. The highest BCUT2D eigenvalue weighted by atomic mass is 19.3. The van der Waals surface area contributed by atoms with Gasteiger partial charge in [-0.3, -0.25) is 0 Å². The predicted molar refractivity (Wildman–Crippen MR) is 65.7 cm³/mol. The molecule has 0 fully saturated rings. The van der Waals surface area contributed by atoms with E-state index in [2.05, 4.69) is 18.5 Å². The summed E-state index contributed by atoms with van der Waals surface area (Å²) in [5, 5.41) is 2.95. The Hall–Kier alpha value is -1.22. The van der Waals surface area contributed by atoms with Crippen molar-refractivity contribution in [1.82, 2.24) is 5.32 Å². The molecule has 0 amide bonds. The minimum Gasteiger partial charge on any atom is -0.316 e. The lowest BCUT2D eigenvalue weighted by molar-refractivity contribution is 0.0665. The van der Waals surface area contributed by atoms with Crippen molar-refractivity contribution in [3.8, 4) is 0 Å². The van der Waals surface area contributed by atoms with Crippen LogP contribution in [0.3, 0.4) is 0 Å². The molecule has 0 rings (SSSR count). The van der Waals surface area contributed by atoms with Crippen LogP contribution in [0.1, 0.15) is 13.8 Å². The van der Waals surface area contributed by atoms with Gasteiger partial charge in [0.15, 0.2) is 0 Å². The van der Waals surface area contributed by atoms with E-state index < -0.39 is 5.92 Å². The Morgan fingerprint density at radius 1 is 1.38 bits per heavy atom. The summed E-state index contributed by atoms with van der Waals surface area (Å²) in [4.78, 5) is 0. The number of rotatable bonds is 6. The molecule has 0 aromatic rings. The summed E-state index contributed by atoms with van der Waals surface area (Å²) in [6, 6.07) is 0. The van der Waals surface area contributed by atoms with Crippen molar-refractivity contribution in [3.05, 3.63) is 48.1 Å². The number of nitrogens with one attached hydrogen (secondary N) is 1. The molecule has 0 aliphatic heterocycles. The highest BCUT2D eigenvalue weighted by Crippen LogP contribution is 2.29. The molecule has 0 aliphatic rings. The van der Waals surface area contributed by atoms with Crippen molar-refractivity contribution in [2.24, 2.45) is 0 Å². The molecule has 0 aromatic carbocycles. The van der Waals surface area contributed by atoms with E-state index in [-0.39, 0.29) is 11.1 Å². The molecule has 0 heterocycles. The zero-order valence-electron chi connectivity index (χ0n) is 10.1. The van der Waals surface area contributed by atoms with Gasteiger partial charge in [-0.15, -0.1) is 0 Å². The Labute approximate surface area is 96.2 Å². The first-order valence-electron chi connectivity index (χ1n) is 5.05. The van der Waals surface area contributed by atoms with E-state index in [1.54, 1.807) is 13.1 Å². The molecule has 3 heteroatoms. The third kappa shape index (κ3) is 5.03. The topological polar surface area (TPSA) is 12.0 Å². The van der Waals surface area contributed by atoms with Gasteiger partial charge in [0.05, 0.1) is 0 Å². The summed E-state index contributed by atoms with van der Waals surface area (Å²) in [5.74, 6) is -2.90. The second kappa shape index (κ2) is 6.38. The summed E-state index contributed by atoms with van der Waals surface area (Å²) in [5.41, 5.74) is 1.13. The molecule has 1 nitrogen and oxygen atoms in total. The second-order valence-electron chi connectivity index (χ2n) is 3.74. The largest absolute Gasteiger partial charge is 0.316 e. The molecule has 0 radical (unpaired) electrons. The Morgan fingerprint density at radius 3 is 2.31 bits per heavy atom. The fraction of sp³-hybridized carbons (Fsp3) is 0.385. The third-order valence-electron chi connectivity index (χ3n) is 2.06. The molecule has 0 saturated heterocycles. The third-order valence-corrected chi connectivity index (χ3v) is 2.06. The average molecular weight is 227 g/mol. The van der Waals surface area contributed by atoms with Crippen LogP contribution in [0.5, 0.6) is 0 Å². The van der Waals surface area contributed by atoms with E-state index in [1.807, 2.05) is 6.92 Å². The van der Waals surface area contributed by atoms with Crippen LogP contribution in [-0.4, -0.2) is 19.5 Å². The van der Waals surface area contributed by atoms with Gasteiger partial charge in [0.25, 0.3) is 5.92 Å². The first kappa shape index (κ1) is 14.8. The molecule has 0 aromatic heterocycles. The summed E-state index contributed by atoms with van der Waals surface area (Å²) >= 11 is 0. The van der Waals surface area contributed by atoms with E-state index in [0.29, 0.717) is 6.54 Å². The highest BCUT2D eigenvalue weighted by molar-refractivity contribution is 5.43. The lowest BCUT2D eigenvalue weighted by atomic mass is 10.0. The number of alkyl halides is 2. The normalized spacial score (nSPS) is 13.8. The predicted octanol–water partition coefficient (Wildman–Crippen LogP) is 3.48. The van der Waals surface area contributed by atoms with Gasteiger partial charge in [-0.05, 0) is 19.5 Å². The van der Waals surface area contributed by atoms with E-state index >= 15 is 0 Å². The fourth-order valence-electron chi connectivity index (χ4n) is 1.21. The second-order valence-corrected chi connectivity index (χ2v) is 3.74. The van der Waals surface area contributed by atoms with Crippen molar-refractivity contribution in [2.45, 2.75) is 19.8 Å². The van der Waals surface area contributed by atoms with Gasteiger partial charge in [-0.1, -0.05) is 37.0 Å². The van der Waals surface area contributed by atoms with Gasteiger partial charge in [0.2, 0.25) is 0 Å². The van der Waals surface area contributed by atoms with Gasteiger partial charge in [0, 0.05) is 19.0 Å². The van der Waals surface area contributed by atoms with Crippen molar-refractivity contribution < 1.29 is 8.78 Å². The van der Waals surface area contributed by atoms with E-state index in [4.69, 9.17) is 0 Å². The van der Waals surface area contributed by atoms with Crippen LogP contribution in [0.4, 0.5) is 8.78 Å². The van der Waals surface area contributed by atoms with Gasteiger partial charge >= 0.3 is 0 Å². The molecule has 1 N–H and O–H groups in total. The SMILES string of the molecule is C=CC(=C)/C(=C\C=C(/C)CNC)C(C)(F)F. The fourth-order valence-corrected chi connectivity index (χ4v) is 1.21. The van der Waals surface area contributed by atoms with E-state index in [9.17, 15) is 8.78 Å². The molecular formula is C13H19F2N. The number of likely N-dealkylation sites (N-methyl/N-ethyl adjacent to an activating group) is 1. The lowest BCUT2D eigenvalue weighted by Gasteiger charge is -2.15. The molecule has 90 valence electrons. The summed E-state index contributed by atoms with van der Waals surface area (Å²) in [6.45, 7) is 10.4. The number of allylic oxidation sites excluding steroid dienone is 5. The van der Waals surface area contributed by atoms with Gasteiger partial charge in [-0.25, -0.2) is 8.78 Å². The quantitative estimate of drug-likeness (QED) is 0.685. The van der Waals surface area contributed by atoms with Gasteiger partial charge < -0.3 is 5.32 Å². The number of halogens is 2. The van der Waals surface area contributed by atoms with Crippen LogP contribution in [0, 0.1) is 0 Å². The molecule has 0 bridgehead atoms. The maximum absolute atomic E-state index is 13.2. The van der Waals surface area contributed by atoms with Crippen LogP contribution in [-0.2, 0) is 0 Å². The van der Waals surface area contributed by atoms with Crippen molar-refractivity contribution in [1.29, 1.82) is 0 Å². The van der Waals surface area contributed by atoms with E-state index in [1.165, 1.54) is 12.2 Å². The molecule has 0 unspecified atom stereocenters. The van der Waals surface area contributed by atoms with Crippen molar-refractivity contribution in [3.63, 3.8) is 0 Å². The first-order chi connectivity index (χ1) is 7.32. The van der Waals surface area contributed by atoms with Crippen LogP contribution >= 0.6 is 0 Å². The summed E-state index contributed by atoms with van der Waals surface area (Å²) in [6.07, 6.45) is 4.40. The number of hydrogen-bond acceptors (Lipinski definition) is 1. The average Bonchev–Trinajstić information content (AvgIpc) is 2.16. The number of hydrogen-bond donors (Lipinski definition) is 1. The molecule has 16 heavy (non-hydrogen) atoms. The van der Waals surface area contributed by atoms with Crippen molar-refractivity contribution in [2.75, 3.05) is 13.6 Å². The monoisotopic (exact) mass is 227 g/mol. The van der Waals surface area contributed by atoms with Crippen LogP contribution < -0.4 is 5.32 Å².